The van der Waals surface area contributed by atoms with Crippen molar-refractivity contribution in [1.29, 1.82) is 0 Å². The third-order valence-electron chi connectivity index (χ3n) is 4.60. The van der Waals surface area contributed by atoms with Gasteiger partial charge in [0.25, 0.3) is 5.56 Å². The van der Waals surface area contributed by atoms with Crippen molar-refractivity contribution in [2.24, 2.45) is 7.05 Å². The van der Waals surface area contributed by atoms with E-state index in [1.807, 2.05) is 0 Å². The summed E-state index contributed by atoms with van der Waals surface area (Å²) in [4.78, 5) is 25.3. The van der Waals surface area contributed by atoms with Gasteiger partial charge in [-0.05, 0) is 36.6 Å². The summed E-state index contributed by atoms with van der Waals surface area (Å²) in [6.45, 7) is 0.757. The highest BCUT2D eigenvalue weighted by Crippen LogP contribution is 2.27. The first-order valence-corrected chi connectivity index (χ1v) is 8.42. The predicted molar refractivity (Wildman–Crippen MR) is 94.4 cm³/mol. The average molecular weight is 360 g/mol. The second-order valence-corrected chi connectivity index (χ2v) is 6.63. The maximum Gasteiger partial charge on any atom is 0.323 e. The SMILES string of the molecule is Cn1nc(NC(=O)N2CCC(O)(Cc3cccc(F)c3)CC2)ccc1=O. The number of carbonyl (C=O) groups excluding carboxylic acids is 1. The van der Waals surface area contributed by atoms with Gasteiger partial charge in [-0.3, -0.25) is 10.1 Å². The van der Waals surface area contributed by atoms with Crippen molar-refractivity contribution in [3.8, 4) is 0 Å². The predicted octanol–water partition coefficient (Wildman–Crippen LogP) is 1.52. The number of amides is 2. The molecule has 1 aromatic carbocycles. The Bertz CT molecular complexity index is 860. The van der Waals surface area contributed by atoms with Crippen LogP contribution in [-0.2, 0) is 13.5 Å². The van der Waals surface area contributed by atoms with E-state index in [4.69, 9.17) is 0 Å². The van der Waals surface area contributed by atoms with Crippen molar-refractivity contribution in [3.05, 3.63) is 58.1 Å². The fraction of sp³-hybridized carbons (Fsp3) is 0.389. The van der Waals surface area contributed by atoms with E-state index < -0.39 is 5.60 Å². The highest BCUT2D eigenvalue weighted by Gasteiger charge is 2.34. The van der Waals surface area contributed by atoms with Crippen LogP contribution in [0.2, 0.25) is 0 Å². The zero-order chi connectivity index (χ0) is 18.7. The van der Waals surface area contributed by atoms with E-state index in [9.17, 15) is 19.1 Å². The van der Waals surface area contributed by atoms with Crippen molar-refractivity contribution in [3.63, 3.8) is 0 Å². The summed E-state index contributed by atoms with van der Waals surface area (Å²) >= 11 is 0. The monoisotopic (exact) mass is 360 g/mol. The van der Waals surface area contributed by atoms with E-state index in [1.165, 1.54) is 31.3 Å². The van der Waals surface area contributed by atoms with Gasteiger partial charge in [0.1, 0.15) is 5.82 Å². The number of carbonyl (C=O) groups is 1. The quantitative estimate of drug-likeness (QED) is 0.869. The molecule has 0 spiro atoms. The molecule has 8 heteroatoms. The molecule has 2 aromatic rings. The summed E-state index contributed by atoms with van der Waals surface area (Å²) in [5, 5.41) is 17.4. The van der Waals surface area contributed by atoms with Crippen molar-refractivity contribution in [1.82, 2.24) is 14.7 Å². The second-order valence-electron chi connectivity index (χ2n) is 6.63. The van der Waals surface area contributed by atoms with Gasteiger partial charge >= 0.3 is 6.03 Å². The molecule has 7 nitrogen and oxygen atoms in total. The molecule has 0 bridgehead atoms. The fourth-order valence-electron chi connectivity index (χ4n) is 3.09. The minimum Gasteiger partial charge on any atom is -0.389 e. The molecule has 0 unspecified atom stereocenters. The first kappa shape index (κ1) is 18.1. The number of nitrogens with one attached hydrogen (secondary N) is 1. The van der Waals surface area contributed by atoms with Crippen LogP contribution in [-0.4, -0.2) is 44.5 Å². The van der Waals surface area contributed by atoms with Gasteiger partial charge in [-0.1, -0.05) is 12.1 Å². The molecule has 1 aliphatic heterocycles. The van der Waals surface area contributed by atoms with Gasteiger partial charge in [0, 0.05) is 32.6 Å². The van der Waals surface area contributed by atoms with E-state index >= 15 is 0 Å². The lowest BCUT2D eigenvalue weighted by Crippen LogP contribution is -2.49. The molecule has 0 aliphatic carbocycles. The number of piperidine rings is 1. The van der Waals surface area contributed by atoms with Gasteiger partial charge in [-0.25, -0.2) is 13.9 Å². The van der Waals surface area contributed by atoms with Crippen LogP contribution in [0.15, 0.2) is 41.2 Å². The lowest BCUT2D eigenvalue weighted by Gasteiger charge is -2.38. The van der Waals surface area contributed by atoms with E-state index in [-0.39, 0.29) is 23.2 Å². The average Bonchev–Trinajstić information content (AvgIpc) is 2.58. The van der Waals surface area contributed by atoms with Crippen LogP contribution < -0.4 is 10.9 Å². The second kappa shape index (κ2) is 7.25. The number of aryl methyl sites for hydroxylation is 1. The van der Waals surface area contributed by atoms with Crippen LogP contribution in [0.3, 0.4) is 0 Å². The lowest BCUT2D eigenvalue weighted by molar-refractivity contribution is -0.0105. The number of hydrogen-bond acceptors (Lipinski definition) is 4. The van der Waals surface area contributed by atoms with Crippen LogP contribution in [0.25, 0.3) is 0 Å². The summed E-state index contributed by atoms with van der Waals surface area (Å²) in [5.74, 6) is -0.0367. The molecule has 26 heavy (non-hydrogen) atoms. The zero-order valence-electron chi connectivity index (χ0n) is 14.5. The van der Waals surface area contributed by atoms with Crippen molar-refractivity contribution in [2.45, 2.75) is 24.9 Å². The fourth-order valence-corrected chi connectivity index (χ4v) is 3.09. The number of aliphatic hydroxyl groups is 1. The van der Waals surface area contributed by atoms with Gasteiger partial charge in [-0.15, -0.1) is 0 Å². The highest BCUT2D eigenvalue weighted by atomic mass is 19.1. The third kappa shape index (κ3) is 4.26. The Morgan fingerprint density at radius 2 is 2.04 bits per heavy atom. The Morgan fingerprint density at radius 1 is 1.31 bits per heavy atom. The maximum absolute atomic E-state index is 13.3. The summed E-state index contributed by atoms with van der Waals surface area (Å²) in [6, 6.07) is 8.64. The van der Waals surface area contributed by atoms with Crippen LogP contribution >= 0.6 is 0 Å². The molecule has 2 amide bonds. The van der Waals surface area contributed by atoms with Gasteiger partial charge in [-0.2, -0.15) is 5.10 Å². The van der Waals surface area contributed by atoms with E-state index in [2.05, 4.69) is 10.4 Å². The van der Waals surface area contributed by atoms with E-state index in [1.54, 1.807) is 17.0 Å². The number of anilines is 1. The van der Waals surface area contributed by atoms with Crippen LogP contribution in [0.5, 0.6) is 0 Å². The zero-order valence-corrected chi connectivity index (χ0v) is 14.5. The Balaban J connectivity index is 1.57. The van der Waals surface area contributed by atoms with Crippen LogP contribution in [0, 0.1) is 5.82 Å². The normalized spacial score (nSPS) is 16.3. The molecule has 1 aliphatic rings. The van der Waals surface area contributed by atoms with Crippen molar-refractivity contribution in [2.75, 3.05) is 18.4 Å². The molecule has 2 N–H and O–H groups in total. The number of rotatable bonds is 3. The summed E-state index contributed by atoms with van der Waals surface area (Å²) < 4.78 is 14.4. The number of aromatic nitrogens is 2. The number of benzene rings is 1. The number of nitrogens with zero attached hydrogens (tertiary/aromatic N) is 3. The Morgan fingerprint density at radius 3 is 2.69 bits per heavy atom. The number of halogens is 1. The van der Waals surface area contributed by atoms with Crippen molar-refractivity contribution >= 4 is 11.8 Å². The summed E-state index contributed by atoms with van der Waals surface area (Å²) in [5.41, 5.74) is -0.484. The number of urea groups is 1. The van der Waals surface area contributed by atoms with Gasteiger partial charge in [0.15, 0.2) is 5.82 Å². The number of likely N-dealkylation sites (tertiary alicyclic amines) is 1. The first-order valence-electron chi connectivity index (χ1n) is 8.42. The molecule has 2 heterocycles. The summed E-state index contributed by atoms with van der Waals surface area (Å²) in [6.07, 6.45) is 1.15. The largest absolute Gasteiger partial charge is 0.389 e. The number of hydrogen-bond donors (Lipinski definition) is 2. The molecule has 1 aromatic heterocycles. The molecule has 1 saturated heterocycles. The minimum absolute atomic E-state index is 0.261. The maximum atomic E-state index is 13.3. The van der Waals surface area contributed by atoms with Gasteiger partial charge in [0.05, 0.1) is 5.60 Å². The molecule has 3 rings (SSSR count). The van der Waals surface area contributed by atoms with Gasteiger partial charge < -0.3 is 10.0 Å². The topological polar surface area (TPSA) is 87.5 Å². The molecular weight excluding hydrogens is 339 g/mol. The minimum atomic E-state index is -0.959. The van der Waals surface area contributed by atoms with Crippen molar-refractivity contribution < 1.29 is 14.3 Å². The van der Waals surface area contributed by atoms with Gasteiger partial charge in [0.2, 0.25) is 0 Å². The van der Waals surface area contributed by atoms with Crippen LogP contribution in [0.4, 0.5) is 15.0 Å². The van der Waals surface area contributed by atoms with E-state index in [0.717, 1.165) is 10.2 Å². The lowest BCUT2D eigenvalue weighted by atomic mass is 9.85. The smallest absolute Gasteiger partial charge is 0.323 e. The highest BCUT2D eigenvalue weighted by molar-refractivity contribution is 5.88. The first-order chi connectivity index (χ1) is 12.3. The Kier molecular flexibility index (Phi) is 5.03. The summed E-state index contributed by atoms with van der Waals surface area (Å²) in [7, 11) is 1.51. The van der Waals surface area contributed by atoms with E-state index in [0.29, 0.717) is 32.4 Å². The Labute approximate surface area is 150 Å². The molecule has 0 radical (unpaired) electrons. The molecule has 1 fully saturated rings. The Hall–Kier alpha value is -2.74. The third-order valence-corrected chi connectivity index (χ3v) is 4.60. The molecular formula is C18H21FN4O3. The molecule has 138 valence electrons. The van der Waals surface area contributed by atoms with Crippen LogP contribution in [0.1, 0.15) is 18.4 Å². The molecule has 0 atom stereocenters. The molecule has 0 saturated carbocycles. The standard InChI is InChI=1S/C18H21FN4O3/c1-22-16(24)6-5-15(21-22)20-17(25)23-9-7-18(26,8-10-23)12-13-3-2-4-14(19)11-13/h2-6,11,26H,7-10,12H2,1H3,(H,20,21,25).